The molecule has 0 heterocycles. The second kappa shape index (κ2) is 6.24. The lowest BCUT2D eigenvalue weighted by Gasteiger charge is -2.07. The Balaban J connectivity index is 2.31. The monoisotopic (exact) mass is 212 g/mol. The van der Waals surface area contributed by atoms with Gasteiger partial charge < -0.3 is 16.2 Å². The van der Waals surface area contributed by atoms with E-state index in [-0.39, 0.29) is 12.4 Å². The summed E-state index contributed by atoms with van der Waals surface area (Å²) in [4.78, 5) is 0. The van der Waals surface area contributed by atoms with Gasteiger partial charge in [0.15, 0.2) is 0 Å². The van der Waals surface area contributed by atoms with Crippen LogP contribution in [0.25, 0.3) is 0 Å². The molecular weight excluding hydrogens is 195 g/mol. The smallest absolute Gasteiger partial charge is 0.148 e. The van der Waals surface area contributed by atoms with E-state index in [0.29, 0.717) is 17.9 Å². The molecule has 0 aromatic heterocycles. The summed E-state index contributed by atoms with van der Waals surface area (Å²) in [5.74, 6) is -0.322. The van der Waals surface area contributed by atoms with Gasteiger partial charge in [-0.1, -0.05) is 0 Å². The van der Waals surface area contributed by atoms with E-state index in [9.17, 15) is 4.39 Å². The van der Waals surface area contributed by atoms with Crippen LogP contribution in [0.5, 0.6) is 0 Å². The van der Waals surface area contributed by atoms with E-state index in [1.807, 2.05) is 0 Å². The van der Waals surface area contributed by atoms with E-state index >= 15 is 0 Å². The zero-order valence-corrected chi connectivity index (χ0v) is 8.67. The SMILES string of the molecule is Nc1ccc(NCCCCCO)c(F)c1. The standard InChI is InChI=1S/C11H17FN2O/c12-10-8-9(13)4-5-11(10)14-6-2-1-3-7-15/h4-5,8,14-15H,1-3,6-7,13H2. The third-order valence-electron chi connectivity index (χ3n) is 2.14. The van der Waals surface area contributed by atoms with Crippen LogP contribution in [-0.4, -0.2) is 18.3 Å². The second-order valence-electron chi connectivity index (χ2n) is 3.45. The van der Waals surface area contributed by atoms with Gasteiger partial charge >= 0.3 is 0 Å². The number of aliphatic hydroxyl groups is 1. The maximum atomic E-state index is 13.2. The third kappa shape index (κ3) is 4.16. The van der Waals surface area contributed by atoms with Crippen molar-refractivity contribution in [2.24, 2.45) is 0 Å². The number of aliphatic hydroxyl groups excluding tert-OH is 1. The van der Waals surface area contributed by atoms with Crippen molar-refractivity contribution in [3.05, 3.63) is 24.0 Å². The van der Waals surface area contributed by atoms with Crippen molar-refractivity contribution in [1.82, 2.24) is 0 Å². The minimum atomic E-state index is -0.322. The van der Waals surface area contributed by atoms with Crippen molar-refractivity contribution in [3.63, 3.8) is 0 Å². The predicted octanol–water partition coefficient (Wildman–Crippen LogP) is 1.98. The Labute approximate surface area is 89.1 Å². The fraction of sp³-hybridized carbons (Fsp3) is 0.455. The molecule has 0 aliphatic rings. The first kappa shape index (κ1) is 11.8. The number of benzene rings is 1. The van der Waals surface area contributed by atoms with E-state index in [1.54, 1.807) is 12.1 Å². The first-order valence-electron chi connectivity index (χ1n) is 5.14. The summed E-state index contributed by atoms with van der Waals surface area (Å²) in [5.41, 5.74) is 6.34. The molecule has 0 aliphatic carbocycles. The number of nitrogens with one attached hydrogen (secondary N) is 1. The molecule has 0 saturated carbocycles. The van der Waals surface area contributed by atoms with Crippen molar-refractivity contribution in [1.29, 1.82) is 0 Å². The molecule has 1 aromatic rings. The molecule has 0 bridgehead atoms. The number of halogens is 1. The topological polar surface area (TPSA) is 58.3 Å². The molecule has 0 fully saturated rings. The van der Waals surface area contributed by atoms with Gasteiger partial charge in [0, 0.05) is 18.8 Å². The van der Waals surface area contributed by atoms with Crippen LogP contribution in [0, 0.1) is 5.82 Å². The Kier molecular flexibility index (Phi) is 4.90. The molecule has 4 N–H and O–H groups in total. The highest BCUT2D eigenvalue weighted by atomic mass is 19.1. The van der Waals surface area contributed by atoms with Crippen LogP contribution < -0.4 is 11.1 Å². The van der Waals surface area contributed by atoms with E-state index in [4.69, 9.17) is 10.8 Å². The highest BCUT2D eigenvalue weighted by Crippen LogP contribution is 2.16. The lowest BCUT2D eigenvalue weighted by atomic mass is 10.2. The molecule has 3 nitrogen and oxygen atoms in total. The number of anilines is 2. The van der Waals surface area contributed by atoms with Crippen molar-refractivity contribution < 1.29 is 9.50 Å². The van der Waals surface area contributed by atoms with E-state index in [1.165, 1.54) is 6.07 Å². The van der Waals surface area contributed by atoms with Crippen molar-refractivity contribution >= 4 is 11.4 Å². The lowest BCUT2D eigenvalue weighted by Crippen LogP contribution is -2.04. The van der Waals surface area contributed by atoms with E-state index in [2.05, 4.69) is 5.32 Å². The van der Waals surface area contributed by atoms with Gasteiger partial charge in [0.25, 0.3) is 0 Å². The van der Waals surface area contributed by atoms with Gasteiger partial charge in [0.1, 0.15) is 5.82 Å². The van der Waals surface area contributed by atoms with Gasteiger partial charge in [0.05, 0.1) is 5.69 Å². The zero-order chi connectivity index (χ0) is 11.1. The normalized spacial score (nSPS) is 10.3. The fourth-order valence-electron chi connectivity index (χ4n) is 1.31. The molecule has 4 heteroatoms. The Morgan fingerprint density at radius 2 is 2.07 bits per heavy atom. The minimum Gasteiger partial charge on any atom is -0.399 e. The first-order valence-corrected chi connectivity index (χ1v) is 5.14. The summed E-state index contributed by atoms with van der Waals surface area (Å²) < 4.78 is 13.2. The highest BCUT2D eigenvalue weighted by Gasteiger charge is 2.00. The molecule has 0 spiro atoms. The summed E-state index contributed by atoms with van der Waals surface area (Å²) in [5, 5.41) is 11.5. The summed E-state index contributed by atoms with van der Waals surface area (Å²) in [6.07, 6.45) is 2.66. The molecule has 0 saturated heterocycles. The third-order valence-corrected chi connectivity index (χ3v) is 2.14. The van der Waals surface area contributed by atoms with Gasteiger partial charge in [-0.25, -0.2) is 4.39 Å². The first-order chi connectivity index (χ1) is 7.24. The molecule has 15 heavy (non-hydrogen) atoms. The molecular formula is C11H17FN2O. The van der Waals surface area contributed by atoms with Gasteiger partial charge in [-0.3, -0.25) is 0 Å². The quantitative estimate of drug-likeness (QED) is 0.499. The fourth-order valence-corrected chi connectivity index (χ4v) is 1.31. The molecule has 1 rings (SSSR count). The average molecular weight is 212 g/mol. The number of hydrogen-bond acceptors (Lipinski definition) is 3. The molecule has 0 unspecified atom stereocenters. The van der Waals surface area contributed by atoms with Crippen LogP contribution in [0.1, 0.15) is 19.3 Å². The summed E-state index contributed by atoms with van der Waals surface area (Å²) >= 11 is 0. The van der Waals surface area contributed by atoms with Gasteiger partial charge in [-0.2, -0.15) is 0 Å². The van der Waals surface area contributed by atoms with Crippen molar-refractivity contribution in [2.75, 3.05) is 24.2 Å². The molecule has 0 radical (unpaired) electrons. The number of rotatable bonds is 6. The van der Waals surface area contributed by atoms with Crippen LogP contribution >= 0.6 is 0 Å². The van der Waals surface area contributed by atoms with Crippen LogP contribution in [0.15, 0.2) is 18.2 Å². The minimum absolute atomic E-state index is 0.218. The van der Waals surface area contributed by atoms with Crippen molar-refractivity contribution in [3.8, 4) is 0 Å². The molecule has 0 atom stereocenters. The van der Waals surface area contributed by atoms with Crippen molar-refractivity contribution in [2.45, 2.75) is 19.3 Å². The largest absolute Gasteiger partial charge is 0.399 e. The van der Waals surface area contributed by atoms with Gasteiger partial charge in [-0.05, 0) is 37.5 Å². The number of nitrogens with two attached hydrogens (primary N) is 1. The number of nitrogen functional groups attached to an aromatic ring is 1. The Morgan fingerprint density at radius 3 is 2.73 bits per heavy atom. The number of unbranched alkanes of at least 4 members (excludes halogenated alkanes) is 2. The highest BCUT2D eigenvalue weighted by molar-refractivity contribution is 5.52. The van der Waals surface area contributed by atoms with Gasteiger partial charge in [-0.15, -0.1) is 0 Å². The lowest BCUT2D eigenvalue weighted by molar-refractivity contribution is 0.283. The number of hydrogen-bond donors (Lipinski definition) is 3. The van der Waals surface area contributed by atoms with Gasteiger partial charge in [0.2, 0.25) is 0 Å². The van der Waals surface area contributed by atoms with E-state index < -0.39 is 0 Å². The van der Waals surface area contributed by atoms with Crippen LogP contribution in [-0.2, 0) is 0 Å². The molecule has 0 amide bonds. The Morgan fingerprint density at radius 1 is 1.27 bits per heavy atom. The average Bonchev–Trinajstić information content (AvgIpc) is 2.20. The maximum Gasteiger partial charge on any atom is 0.148 e. The van der Waals surface area contributed by atoms with Crippen LogP contribution in [0.2, 0.25) is 0 Å². The maximum absolute atomic E-state index is 13.2. The van der Waals surface area contributed by atoms with Crippen LogP contribution in [0.3, 0.4) is 0 Å². The van der Waals surface area contributed by atoms with E-state index in [0.717, 1.165) is 19.3 Å². The Bertz CT molecular complexity index is 305. The van der Waals surface area contributed by atoms with Crippen LogP contribution in [0.4, 0.5) is 15.8 Å². The second-order valence-corrected chi connectivity index (χ2v) is 3.45. The zero-order valence-electron chi connectivity index (χ0n) is 8.67. The molecule has 84 valence electrons. The summed E-state index contributed by atoms with van der Waals surface area (Å²) in [6, 6.07) is 4.60. The summed E-state index contributed by atoms with van der Waals surface area (Å²) in [7, 11) is 0. The predicted molar refractivity (Wildman–Crippen MR) is 60.2 cm³/mol. The Hall–Kier alpha value is -1.29. The molecule has 1 aromatic carbocycles. The summed E-state index contributed by atoms with van der Waals surface area (Å²) in [6.45, 7) is 0.928. The molecule has 0 aliphatic heterocycles.